The minimum absolute atomic E-state index is 0.105. The van der Waals surface area contributed by atoms with E-state index in [4.69, 9.17) is 10.1 Å². The highest BCUT2D eigenvalue weighted by Crippen LogP contribution is 2.47. The van der Waals surface area contributed by atoms with Gasteiger partial charge in [-0.15, -0.1) is 0 Å². The number of nitrogens with zero attached hydrogens (tertiary/aromatic N) is 5. The fraction of sp³-hybridized carbons (Fsp3) is 0.667. The van der Waals surface area contributed by atoms with Gasteiger partial charge in [-0.05, 0) is 30.7 Å². The number of H-pyrrole nitrogens is 1. The van der Waals surface area contributed by atoms with Crippen molar-refractivity contribution >= 4 is 5.97 Å². The fourth-order valence-corrected chi connectivity index (χ4v) is 4.03. The lowest BCUT2D eigenvalue weighted by Gasteiger charge is -2.15. The smallest absolute Gasteiger partial charge is 0.356 e. The van der Waals surface area contributed by atoms with Crippen LogP contribution in [0.25, 0.3) is 0 Å². The van der Waals surface area contributed by atoms with Crippen LogP contribution in [0.2, 0.25) is 0 Å². The van der Waals surface area contributed by atoms with E-state index in [2.05, 4.69) is 34.0 Å². The maximum absolute atomic E-state index is 11.1. The molecule has 0 unspecified atom stereocenters. The van der Waals surface area contributed by atoms with Crippen LogP contribution < -0.4 is 0 Å². The Balaban J connectivity index is 1.51. The minimum Gasteiger partial charge on any atom is -0.476 e. The van der Waals surface area contributed by atoms with Gasteiger partial charge in [0.1, 0.15) is 5.82 Å². The van der Waals surface area contributed by atoms with Gasteiger partial charge in [-0.2, -0.15) is 10.2 Å². The summed E-state index contributed by atoms with van der Waals surface area (Å²) in [6, 6.07) is 1.67. The molecule has 0 amide bonds. The van der Waals surface area contributed by atoms with Crippen molar-refractivity contribution in [3.63, 3.8) is 0 Å². The summed E-state index contributed by atoms with van der Waals surface area (Å²) in [6.07, 6.45) is 2.60. The van der Waals surface area contributed by atoms with Gasteiger partial charge in [-0.3, -0.25) is 14.7 Å². The molecule has 8 nitrogen and oxygen atoms in total. The largest absolute Gasteiger partial charge is 0.476 e. The lowest BCUT2D eigenvalue weighted by atomic mass is 9.91. The molecule has 1 aliphatic heterocycles. The molecule has 0 aromatic carbocycles. The third-order valence-corrected chi connectivity index (χ3v) is 5.64. The first kappa shape index (κ1) is 17.2. The molecule has 0 radical (unpaired) electrons. The first-order valence-electron chi connectivity index (χ1n) is 9.33. The Morgan fingerprint density at radius 2 is 2.15 bits per heavy atom. The Labute approximate surface area is 152 Å². The van der Waals surface area contributed by atoms with Crippen molar-refractivity contribution in [3.8, 4) is 0 Å². The fourth-order valence-electron chi connectivity index (χ4n) is 4.03. The van der Waals surface area contributed by atoms with Crippen molar-refractivity contribution < 1.29 is 9.90 Å². The lowest BCUT2D eigenvalue weighted by molar-refractivity contribution is 0.0689. The molecule has 4 rings (SSSR count). The number of rotatable bonds is 6. The number of nitrogens with one attached hydrogen (secondary N) is 1. The third kappa shape index (κ3) is 3.25. The summed E-state index contributed by atoms with van der Waals surface area (Å²) in [5.41, 5.74) is 1.03. The van der Waals surface area contributed by atoms with Crippen LogP contribution in [-0.4, -0.2) is 54.0 Å². The summed E-state index contributed by atoms with van der Waals surface area (Å²) in [4.78, 5) is 18.3. The summed E-state index contributed by atoms with van der Waals surface area (Å²) in [6.45, 7) is 6.85. The van der Waals surface area contributed by atoms with E-state index in [9.17, 15) is 4.79 Å². The van der Waals surface area contributed by atoms with Crippen LogP contribution in [-0.2, 0) is 13.6 Å². The van der Waals surface area contributed by atoms with Crippen LogP contribution in [0, 0.1) is 11.8 Å². The zero-order chi connectivity index (χ0) is 18.4. The lowest BCUT2D eigenvalue weighted by Crippen LogP contribution is -2.22. The SMILES string of the molecule is CC(C)c1n[nH]c([C@H]2CN(Cc3cc(C(=O)O)nn3C)C[C@@H]2C2CC2)n1. The molecule has 1 saturated heterocycles. The van der Waals surface area contributed by atoms with E-state index >= 15 is 0 Å². The zero-order valence-electron chi connectivity index (χ0n) is 15.5. The van der Waals surface area contributed by atoms with Crippen LogP contribution in [0.5, 0.6) is 0 Å². The first-order chi connectivity index (χ1) is 12.4. The van der Waals surface area contributed by atoms with Crippen LogP contribution in [0.4, 0.5) is 0 Å². The second kappa shape index (κ2) is 6.50. The van der Waals surface area contributed by atoms with Gasteiger partial charge >= 0.3 is 5.97 Å². The van der Waals surface area contributed by atoms with E-state index in [0.717, 1.165) is 36.4 Å². The Kier molecular flexibility index (Phi) is 4.30. The van der Waals surface area contributed by atoms with Crippen LogP contribution >= 0.6 is 0 Å². The molecule has 2 aliphatic rings. The molecule has 0 bridgehead atoms. The highest BCUT2D eigenvalue weighted by molar-refractivity contribution is 5.85. The average molecular weight is 358 g/mol. The number of aromatic carboxylic acids is 1. The molecule has 1 aliphatic carbocycles. The number of aryl methyl sites for hydroxylation is 1. The molecular formula is C18H26N6O2. The van der Waals surface area contributed by atoms with Crippen molar-refractivity contribution in [2.75, 3.05) is 13.1 Å². The van der Waals surface area contributed by atoms with E-state index in [1.165, 1.54) is 12.8 Å². The number of hydrogen-bond acceptors (Lipinski definition) is 5. The number of carbonyl (C=O) groups is 1. The highest BCUT2D eigenvalue weighted by Gasteiger charge is 2.44. The van der Waals surface area contributed by atoms with Crippen molar-refractivity contribution in [3.05, 3.63) is 29.1 Å². The number of carboxylic acids is 1. The van der Waals surface area contributed by atoms with E-state index in [1.807, 2.05) is 0 Å². The maximum atomic E-state index is 11.1. The summed E-state index contributed by atoms with van der Waals surface area (Å²) in [7, 11) is 1.80. The number of likely N-dealkylation sites (tertiary alicyclic amines) is 1. The Morgan fingerprint density at radius 1 is 1.38 bits per heavy atom. The van der Waals surface area contributed by atoms with Crippen LogP contribution in [0.3, 0.4) is 0 Å². The van der Waals surface area contributed by atoms with Gasteiger partial charge < -0.3 is 5.11 Å². The first-order valence-corrected chi connectivity index (χ1v) is 9.33. The molecule has 2 aromatic rings. The Hall–Kier alpha value is -2.22. The normalized spacial score (nSPS) is 23.8. The van der Waals surface area contributed by atoms with Crippen molar-refractivity contribution in [1.29, 1.82) is 0 Å². The van der Waals surface area contributed by atoms with Crippen LogP contribution in [0.15, 0.2) is 6.07 Å². The summed E-state index contributed by atoms with van der Waals surface area (Å²) in [5.74, 6) is 2.96. The molecule has 0 spiro atoms. The van der Waals surface area contributed by atoms with E-state index < -0.39 is 5.97 Å². The van der Waals surface area contributed by atoms with E-state index in [-0.39, 0.29) is 5.69 Å². The van der Waals surface area contributed by atoms with Gasteiger partial charge in [0, 0.05) is 38.5 Å². The summed E-state index contributed by atoms with van der Waals surface area (Å²) in [5, 5.41) is 20.8. The maximum Gasteiger partial charge on any atom is 0.356 e. The summed E-state index contributed by atoms with van der Waals surface area (Å²) >= 11 is 0. The molecule has 1 saturated carbocycles. The van der Waals surface area contributed by atoms with Gasteiger partial charge in [-0.25, -0.2) is 9.78 Å². The predicted molar refractivity (Wildman–Crippen MR) is 94.9 cm³/mol. The van der Waals surface area contributed by atoms with Gasteiger partial charge in [0.15, 0.2) is 11.5 Å². The number of hydrogen-bond donors (Lipinski definition) is 2. The van der Waals surface area contributed by atoms with Crippen molar-refractivity contribution in [2.45, 2.75) is 45.1 Å². The van der Waals surface area contributed by atoms with Gasteiger partial charge in [-0.1, -0.05) is 13.8 Å². The molecule has 2 aromatic heterocycles. The average Bonchev–Trinajstić information content (AvgIpc) is 3.01. The van der Waals surface area contributed by atoms with Gasteiger partial charge in [0.05, 0.1) is 5.69 Å². The number of aromatic nitrogens is 5. The third-order valence-electron chi connectivity index (χ3n) is 5.64. The molecule has 2 fully saturated rings. The van der Waals surface area contributed by atoms with Crippen molar-refractivity contribution in [1.82, 2.24) is 29.9 Å². The molecule has 140 valence electrons. The molecule has 3 heterocycles. The van der Waals surface area contributed by atoms with E-state index in [0.29, 0.717) is 24.3 Å². The molecule has 8 heteroatoms. The van der Waals surface area contributed by atoms with Gasteiger partial charge in [0.25, 0.3) is 0 Å². The Bertz CT molecular complexity index is 806. The summed E-state index contributed by atoms with van der Waals surface area (Å²) < 4.78 is 1.67. The quantitative estimate of drug-likeness (QED) is 0.819. The van der Waals surface area contributed by atoms with Crippen molar-refractivity contribution in [2.24, 2.45) is 18.9 Å². The minimum atomic E-state index is -0.982. The monoisotopic (exact) mass is 358 g/mol. The number of carboxylic acid groups (broad SMARTS) is 1. The topological polar surface area (TPSA) is 99.9 Å². The van der Waals surface area contributed by atoms with Gasteiger partial charge in [0.2, 0.25) is 0 Å². The van der Waals surface area contributed by atoms with E-state index in [1.54, 1.807) is 17.8 Å². The second-order valence-corrected chi connectivity index (χ2v) is 7.99. The molecule has 26 heavy (non-hydrogen) atoms. The molecule has 2 atom stereocenters. The molecule has 2 N–H and O–H groups in total. The highest BCUT2D eigenvalue weighted by atomic mass is 16.4. The second-order valence-electron chi connectivity index (χ2n) is 7.99. The molecular weight excluding hydrogens is 332 g/mol. The predicted octanol–water partition coefficient (Wildman–Crippen LogP) is 1.99. The van der Waals surface area contributed by atoms with Crippen LogP contribution in [0.1, 0.15) is 66.4 Å². The Morgan fingerprint density at radius 3 is 2.73 bits per heavy atom. The number of aromatic amines is 1. The zero-order valence-corrected chi connectivity index (χ0v) is 15.5. The standard InChI is InChI=1S/C18H26N6O2/c1-10(2)16-19-17(21-20-16)14-9-24(8-13(14)11-4-5-11)7-12-6-15(18(25)26)22-23(12)3/h6,10-11,13-14H,4-5,7-9H2,1-3H3,(H,25,26)(H,19,20,21)/t13-,14+/m1/s1.